The van der Waals surface area contributed by atoms with Crippen molar-refractivity contribution in [3.05, 3.63) is 66.1 Å². The van der Waals surface area contributed by atoms with Crippen molar-refractivity contribution in [2.45, 2.75) is 45.0 Å². The van der Waals surface area contributed by atoms with Crippen LogP contribution in [0.1, 0.15) is 42.7 Å². The maximum atomic E-state index is 13.7. The molecule has 9 heteroatoms. The van der Waals surface area contributed by atoms with Crippen LogP contribution in [0, 0.1) is 0 Å². The Bertz CT molecular complexity index is 1300. The maximum Gasteiger partial charge on any atom is 0.354 e. The Morgan fingerprint density at radius 3 is 2.60 bits per heavy atom. The predicted octanol–water partition coefficient (Wildman–Crippen LogP) is 3.78. The van der Waals surface area contributed by atoms with E-state index in [4.69, 9.17) is 13.9 Å². The van der Waals surface area contributed by atoms with Gasteiger partial charge in [0.15, 0.2) is 0 Å². The molecule has 1 aromatic heterocycles. The topological polar surface area (TPSA) is 102 Å². The normalized spacial score (nSPS) is 19.1. The van der Waals surface area contributed by atoms with Gasteiger partial charge in [0.2, 0.25) is 17.5 Å². The summed E-state index contributed by atoms with van der Waals surface area (Å²) >= 11 is 0. The Kier molecular flexibility index (Phi) is 5.55. The van der Waals surface area contributed by atoms with E-state index in [0.29, 0.717) is 28.6 Å². The van der Waals surface area contributed by atoms with Gasteiger partial charge >= 0.3 is 5.97 Å². The summed E-state index contributed by atoms with van der Waals surface area (Å²) in [7, 11) is 1.59. The predicted molar refractivity (Wildman–Crippen MR) is 125 cm³/mol. The number of benzene rings is 2. The summed E-state index contributed by atoms with van der Waals surface area (Å²) in [5.41, 5.74) is 0.432. The second-order valence-corrected chi connectivity index (χ2v) is 8.78. The summed E-state index contributed by atoms with van der Waals surface area (Å²) < 4.78 is 16.4. The van der Waals surface area contributed by atoms with E-state index in [2.05, 4.69) is 4.98 Å². The van der Waals surface area contributed by atoms with Crippen molar-refractivity contribution in [3.8, 4) is 17.2 Å². The van der Waals surface area contributed by atoms with Gasteiger partial charge in [-0.05, 0) is 50.2 Å². The molecule has 3 heterocycles. The van der Waals surface area contributed by atoms with Crippen LogP contribution in [-0.4, -0.2) is 46.5 Å². The third-order valence-electron chi connectivity index (χ3n) is 6.38. The lowest BCUT2D eigenvalue weighted by atomic mass is 9.95. The van der Waals surface area contributed by atoms with Crippen molar-refractivity contribution >= 4 is 23.5 Å². The second-order valence-electron chi connectivity index (χ2n) is 8.78. The van der Waals surface area contributed by atoms with Gasteiger partial charge in [-0.25, -0.2) is 9.78 Å². The number of methoxy groups -OCH3 is 1. The SMILES string of the molecule is COc1ccc(-c2nc(COC(=O)C34CCC(=O)N3c3ccccc3C(=O)N4C(C)C)co2)cc1. The first-order valence-electron chi connectivity index (χ1n) is 11.4. The summed E-state index contributed by atoms with van der Waals surface area (Å²) in [6, 6.07) is 13.7. The van der Waals surface area contributed by atoms with Gasteiger partial charge in [-0.1, -0.05) is 12.1 Å². The van der Waals surface area contributed by atoms with Crippen molar-refractivity contribution < 1.29 is 28.3 Å². The quantitative estimate of drug-likeness (QED) is 0.500. The van der Waals surface area contributed by atoms with Gasteiger partial charge in [0.05, 0.1) is 18.4 Å². The Balaban J connectivity index is 1.42. The highest BCUT2D eigenvalue weighted by molar-refractivity contribution is 6.15. The van der Waals surface area contributed by atoms with E-state index >= 15 is 0 Å². The number of para-hydroxylation sites is 1. The molecule has 5 rings (SSSR count). The molecular weight excluding hydrogens is 450 g/mol. The van der Waals surface area contributed by atoms with Crippen LogP contribution in [0.15, 0.2) is 59.2 Å². The van der Waals surface area contributed by atoms with Crippen LogP contribution in [0.2, 0.25) is 0 Å². The lowest BCUT2D eigenvalue weighted by Crippen LogP contribution is -2.70. The zero-order valence-electron chi connectivity index (χ0n) is 19.7. The summed E-state index contributed by atoms with van der Waals surface area (Å²) in [4.78, 5) is 47.4. The summed E-state index contributed by atoms with van der Waals surface area (Å²) in [5.74, 6) is -0.116. The van der Waals surface area contributed by atoms with Crippen molar-refractivity contribution in [3.63, 3.8) is 0 Å². The molecule has 2 aromatic carbocycles. The molecule has 2 amide bonds. The third kappa shape index (κ3) is 3.54. The van der Waals surface area contributed by atoms with Crippen LogP contribution in [-0.2, 0) is 20.9 Å². The first-order chi connectivity index (χ1) is 16.9. The molecule has 1 saturated heterocycles. The molecule has 0 radical (unpaired) electrons. The molecule has 0 aliphatic carbocycles. The molecule has 2 aliphatic rings. The number of oxazole rings is 1. The smallest absolute Gasteiger partial charge is 0.354 e. The Labute approximate surface area is 202 Å². The molecule has 0 saturated carbocycles. The van der Waals surface area contributed by atoms with Crippen LogP contribution in [0.5, 0.6) is 5.75 Å². The number of hydrogen-bond acceptors (Lipinski definition) is 7. The largest absolute Gasteiger partial charge is 0.497 e. The number of carbonyl (C=O) groups is 3. The Hall–Kier alpha value is -4.14. The number of esters is 1. The molecule has 1 unspecified atom stereocenters. The first-order valence-corrected chi connectivity index (χ1v) is 11.4. The molecule has 1 fully saturated rings. The number of aromatic nitrogens is 1. The zero-order valence-corrected chi connectivity index (χ0v) is 19.7. The highest BCUT2D eigenvalue weighted by Crippen LogP contribution is 2.46. The lowest BCUT2D eigenvalue weighted by Gasteiger charge is -2.50. The molecule has 35 heavy (non-hydrogen) atoms. The molecule has 9 nitrogen and oxygen atoms in total. The van der Waals surface area contributed by atoms with Crippen LogP contribution < -0.4 is 9.64 Å². The summed E-state index contributed by atoms with van der Waals surface area (Å²) in [5, 5.41) is 0. The van der Waals surface area contributed by atoms with Crippen molar-refractivity contribution in [2.75, 3.05) is 12.0 Å². The van der Waals surface area contributed by atoms with E-state index in [0.717, 1.165) is 5.56 Å². The van der Waals surface area contributed by atoms with Gasteiger partial charge in [0.25, 0.3) is 5.91 Å². The average Bonchev–Trinajstić information content (AvgIpc) is 3.48. The van der Waals surface area contributed by atoms with Crippen molar-refractivity contribution in [2.24, 2.45) is 0 Å². The number of anilines is 1. The first kappa shape index (κ1) is 22.6. The summed E-state index contributed by atoms with van der Waals surface area (Å²) in [6.45, 7) is 3.48. The molecular formula is C26H25N3O6. The third-order valence-corrected chi connectivity index (χ3v) is 6.38. The van der Waals surface area contributed by atoms with Crippen LogP contribution in [0.4, 0.5) is 5.69 Å². The zero-order chi connectivity index (χ0) is 24.7. The van der Waals surface area contributed by atoms with Crippen LogP contribution in [0.3, 0.4) is 0 Å². The minimum atomic E-state index is -1.54. The van der Waals surface area contributed by atoms with E-state index in [1.54, 1.807) is 43.5 Å². The van der Waals surface area contributed by atoms with Gasteiger partial charge < -0.3 is 18.8 Å². The minimum absolute atomic E-state index is 0.130. The van der Waals surface area contributed by atoms with Crippen molar-refractivity contribution in [1.29, 1.82) is 0 Å². The van der Waals surface area contributed by atoms with Crippen molar-refractivity contribution in [1.82, 2.24) is 9.88 Å². The number of nitrogens with zero attached hydrogens (tertiary/aromatic N) is 3. The van der Waals surface area contributed by atoms with E-state index in [-0.39, 0.29) is 37.3 Å². The molecule has 0 N–H and O–H groups in total. The number of rotatable bonds is 6. The van der Waals surface area contributed by atoms with E-state index in [1.807, 2.05) is 26.0 Å². The molecule has 0 bridgehead atoms. The molecule has 2 aliphatic heterocycles. The van der Waals surface area contributed by atoms with Crippen LogP contribution >= 0.6 is 0 Å². The van der Waals surface area contributed by atoms with Gasteiger partial charge in [-0.3, -0.25) is 14.5 Å². The number of amides is 2. The maximum absolute atomic E-state index is 13.7. The van der Waals surface area contributed by atoms with Gasteiger partial charge in [0, 0.05) is 24.4 Å². The minimum Gasteiger partial charge on any atom is -0.497 e. The molecule has 0 spiro atoms. The Morgan fingerprint density at radius 1 is 1.14 bits per heavy atom. The van der Waals surface area contributed by atoms with Gasteiger partial charge in [-0.15, -0.1) is 0 Å². The standard InChI is InChI=1S/C26H25N3O6/c1-16(2)28-24(31)20-6-4-5-7-21(20)29-22(30)12-13-26(28,29)25(32)35-15-18-14-34-23(27-18)17-8-10-19(33-3)11-9-17/h4-11,14,16H,12-13,15H2,1-3H3. The number of ether oxygens (including phenoxy) is 2. The monoisotopic (exact) mass is 475 g/mol. The molecule has 180 valence electrons. The number of hydrogen-bond donors (Lipinski definition) is 0. The lowest BCUT2D eigenvalue weighted by molar-refractivity contribution is -0.159. The number of fused-ring (bicyclic) bond motifs is 3. The van der Waals surface area contributed by atoms with Gasteiger partial charge in [0.1, 0.15) is 24.3 Å². The van der Waals surface area contributed by atoms with Crippen LogP contribution in [0.25, 0.3) is 11.5 Å². The van der Waals surface area contributed by atoms with Gasteiger partial charge in [-0.2, -0.15) is 0 Å². The fraction of sp³-hybridized carbons (Fsp3) is 0.308. The Morgan fingerprint density at radius 2 is 1.89 bits per heavy atom. The van der Waals surface area contributed by atoms with E-state index in [9.17, 15) is 14.4 Å². The van der Waals surface area contributed by atoms with E-state index < -0.39 is 11.6 Å². The molecule has 3 aromatic rings. The molecule has 1 atom stereocenters. The van der Waals surface area contributed by atoms with E-state index in [1.165, 1.54) is 16.1 Å². The highest BCUT2D eigenvalue weighted by Gasteiger charge is 2.62. The average molecular weight is 476 g/mol. The fourth-order valence-corrected chi connectivity index (χ4v) is 4.87. The highest BCUT2D eigenvalue weighted by atomic mass is 16.5. The second kappa shape index (κ2) is 8.57. The number of carbonyl (C=O) groups excluding carboxylic acids is 3. The fourth-order valence-electron chi connectivity index (χ4n) is 4.87. The summed E-state index contributed by atoms with van der Waals surface area (Å²) in [6.07, 6.45) is 1.70.